The number of ether oxygens (including phenoxy) is 1. The summed E-state index contributed by atoms with van der Waals surface area (Å²) in [6.07, 6.45) is 68.2. The molecule has 0 radical (unpaired) electrons. The maximum Gasteiger partial charge on any atom is 0.306 e. The van der Waals surface area contributed by atoms with Crippen LogP contribution in [0.1, 0.15) is 271 Å². The average molecular weight is 923 g/mol. The van der Waals surface area contributed by atoms with Crippen molar-refractivity contribution < 1.29 is 24.5 Å². The number of aliphatic hydroxyl groups is 2. The van der Waals surface area contributed by atoms with Crippen molar-refractivity contribution in [1.82, 2.24) is 5.32 Å². The fourth-order valence-electron chi connectivity index (χ4n) is 8.39. The molecule has 0 fully saturated rings. The van der Waals surface area contributed by atoms with Gasteiger partial charge in [-0.15, -0.1) is 0 Å². The zero-order valence-electron chi connectivity index (χ0n) is 43.6. The third-order valence-corrected chi connectivity index (χ3v) is 12.6. The van der Waals surface area contributed by atoms with Crippen LogP contribution in [0.4, 0.5) is 0 Å². The SMILES string of the molecule is CC/C=C/C=C/C=C\C=C/C=C/CCCCCC(=O)OC(CCCCCCC/C=C/CCCCCCCC)CC(=O)NC(CO)C(O)CCCCCCCCCCCCCCCCCCC. The van der Waals surface area contributed by atoms with Gasteiger partial charge in [-0.2, -0.15) is 0 Å². The number of hydrogen-bond acceptors (Lipinski definition) is 5. The molecule has 3 N–H and O–H groups in total. The molecule has 0 aliphatic carbocycles. The van der Waals surface area contributed by atoms with Crippen molar-refractivity contribution in [1.29, 1.82) is 0 Å². The summed E-state index contributed by atoms with van der Waals surface area (Å²) in [7, 11) is 0. The van der Waals surface area contributed by atoms with Gasteiger partial charge in [-0.25, -0.2) is 0 Å². The van der Waals surface area contributed by atoms with Gasteiger partial charge in [0, 0.05) is 6.42 Å². The number of nitrogens with one attached hydrogen (secondary N) is 1. The molecule has 0 aromatic heterocycles. The van der Waals surface area contributed by atoms with E-state index in [2.05, 4.69) is 62.5 Å². The number of allylic oxidation sites excluding steroid dienone is 12. The molecule has 0 aromatic rings. The van der Waals surface area contributed by atoms with Crippen LogP contribution in [0.2, 0.25) is 0 Å². The molecule has 0 spiro atoms. The first-order chi connectivity index (χ1) is 32.5. The predicted molar refractivity (Wildman–Crippen MR) is 287 cm³/mol. The van der Waals surface area contributed by atoms with Crippen molar-refractivity contribution in [3.63, 3.8) is 0 Å². The fraction of sp³-hybridized carbons (Fsp3) is 0.767. The van der Waals surface area contributed by atoms with Gasteiger partial charge in [0.2, 0.25) is 5.91 Å². The molecule has 0 saturated carbocycles. The number of rotatable bonds is 50. The Morgan fingerprint density at radius 1 is 0.455 bits per heavy atom. The third-order valence-electron chi connectivity index (χ3n) is 12.6. The normalized spacial score (nSPS) is 13.7. The molecule has 0 heterocycles. The smallest absolute Gasteiger partial charge is 0.306 e. The Hall–Kier alpha value is -2.70. The highest BCUT2D eigenvalue weighted by Crippen LogP contribution is 2.18. The first-order valence-corrected chi connectivity index (χ1v) is 28.2. The second kappa shape index (κ2) is 53.3. The Bertz CT molecular complexity index is 1220. The molecule has 0 bridgehead atoms. The second-order valence-corrected chi connectivity index (χ2v) is 19.1. The topological polar surface area (TPSA) is 95.9 Å². The molecule has 6 nitrogen and oxygen atoms in total. The van der Waals surface area contributed by atoms with Crippen LogP contribution in [-0.2, 0) is 14.3 Å². The van der Waals surface area contributed by atoms with Crippen molar-refractivity contribution >= 4 is 11.9 Å². The molecule has 0 aliphatic rings. The van der Waals surface area contributed by atoms with Gasteiger partial charge in [0.05, 0.1) is 25.2 Å². The van der Waals surface area contributed by atoms with Crippen molar-refractivity contribution in [2.75, 3.05) is 6.61 Å². The number of esters is 1. The van der Waals surface area contributed by atoms with E-state index in [0.29, 0.717) is 19.3 Å². The van der Waals surface area contributed by atoms with Crippen LogP contribution in [-0.4, -0.2) is 46.9 Å². The zero-order valence-corrected chi connectivity index (χ0v) is 43.6. The van der Waals surface area contributed by atoms with E-state index >= 15 is 0 Å². The third kappa shape index (κ3) is 47.8. The molecule has 0 rings (SSSR count). The number of carbonyl (C=O) groups excluding carboxylic acids is 2. The second-order valence-electron chi connectivity index (χ2n) is 19.1. The van der Waals surface area contributed by atoms with E-state index in [4.69, 9.17) is 4.74 Å². The lowest BCUT2D eigenvalue weighted by atomic mass is 10.0. The molecule has 66 heavy (non-hydrogen) atoms. The van der Waals surface area contributed by atoms with Crippen molar-refractivity contribution in [3.05, 3.63) is 72.9 Å². The molecular formula is C60H107NO5. The molecular weight excluding hydrogens is 815 g/mol. The molecule has 0 saturated heterocycles. The Morgan fingerprint density at radius 2 is 0.833 bits per heavy atom. The lowest BCUT2D eigenvalue weighted by Crippen LogP contribution is -2.46. The molecule has 0 aliphatic heterocycles. The van der Waals surface area contributed by atoms with Crippen LogP contribution < -0.4 is 5.32 Å². The van der Waals surface area contributed by atoms with Crippen LogP contribution in [0, 0.1) is 0 Å². The van der Waals surface area contributed by atoms with Crippen molar-refractivity contribution in [3.8, 4) is 0 Å². The Morgan fingerprint density at radius 3 is 1.29 bits per heavy atom. The number of carbonyl (C=O) groups is 2. The lowest BCUT2D eigenvalue weighted by Gasteiger charge is -2.24. The minimum atomic E-state index is -0.801. The number of hydrogen-bond donors (Lipinski definition) is 3. The van der Waals surface area contributed by atoms with E-state index in [0.717, 1.165) is 77.0 Å². The van der Waals surface area contributed by atoms with E-state index in [-0.39, 0.29) is 24.9 Å². The molecule has 6 heteroatoms. The lowest BCUT2D eigenvalue weighted by molar-refractivity contribution is -0.151. The zero-order chi connectivity index (χ0) is 48.1. The van der Waals surface area contributed by atoms with Crippen LogP contribution in [0.25, 0.3) is 0 Å². The fourth-order valence-corrected chi connectivity index (χ4v) is 8.39. The Balaban J connectivity index is 4.61. The van der Waals surface area contributed by atoms with E-state index in [1.165, 1.54) is 148 Å². The highest BCUT2D eigenvalue weighted by molar-refractivity contribution is 5.77. The van der Waals surface area contributed by atoms with Gasteiger partial charge < -0.3 is 20.3 Å². The summed E-state index contributed by atoms with van der Waals surface area (Å²) >= 11 is 0. The van der Waals surface area contributed by atoms with Gasteiger partial charge >= 0.3 is 5.97 Å². The van der Waals surface area contributed by atoms with E-state index in [1.807, 2.05) is 36.5 Å². The monoisotopic (exact) mass is 922 g/mol. The van der Waals surface area contributed by atoms with Crippen LogP contribution in [0.15, 0.2) is 72.9 Å². The highest BCUT2D eigenvalue weighted by Gasteiger charge is 2.24. The first-order valence-electron chi connectivity index (χ1n) is 28.2. The molecule has 0 aromatic carbocycles. The maximum atomic E-state index is 13.3. The van der Waals surface area contributed by atoms with Gasteiger partial charge in [0.15, 0.2) is 0 Å². The summed E-state index contributed by atoms with van der Waals surface area (Å²) < 4.78 is 5.93. The van der Waals surface area contributed by atoms with E-state index < -0.39 is 18.2 Å². The average Bonchev–Trinajstić information content (AvgIpc) is 3.31. The van der Waals surface area contributed by atoms with Gasteiger partial charge in [0.25, 0.3) is 0 Å². The maximum absolute atomic E-state index is 13.3. The minimum absolute atomic E-state index is 0.0528. The van der Waals surface area contributed by atoms with E-state index in [1.54, 1.807) is 0 Å². The van der Waals surface area contributed by atoms with Crippen LogP contribution in [0.5, 0.6) is 0 Å². The summed E-state index contributed by atoms with van der Waals surface area (Å²) in [4.78, 5) is 26.2. The van der Waals surface area contributed by atoms with Gasteiger partial charge in [0.1, 0.15) is 6.10 Å². The summed E-state index contributed by atoms with van der Waals surface area (Å²) in [5.74, 6) is -0.527. The Labute approximate surface area is 409 Å². The van der Waals surface area contributed by atoms with Crippen molar-refractivity contribution in [2.45, 2.75) is 289 Å². The molecule has 3 atom stereocenters. The Kier molecular flexibility index (Phi) is 51.1. The molecule has 3 unspecified atom stereocenters. The van der Waals surface area contributed by atoms with Crippen molar-refractivity contribution in [2.24, 2.45) is 0 Å². The number of amides is 1. The quantitative estimate of drug-likeness (QED) is 0.0244. The van der Waals surface area contributed by atoms with Crippen LogP contribution in [0.3, 0.4) is 0 Å². The molecule has 382 valence electrons. The standard InChI is InChI=1S/C60H107NO5/c1-4-7-10-13-16-19-22-25-28-29-32-34-37-40-43-46-49-52-58(63)57(55-62)61-59(64)54-56(51-48-45-42-39-36-33-30-26-23-20-17-14-11-8-5-2)66-60(65)53-50-47-44-41-38-35-31-27-24-21-18-15-12-9-6-3/h9,12,15,18,21,24,26-27,30-31,35,38,56-58,62-63H,4-8,10-11,13-14,16-17,19-20,22-23,25,28-29,32-34,36-37,39-55H2,1-3H3,(H,61,64)/b12-9+,18-15+,24-21-,30-26+,31-27-,38-35+. The highest BCUT2D eigenvalue weighted by atomic mass is 16.5. The summed E-state index contributed by atoms with van der Waals surface area (Å²) in [5.41, 5.74) is 0. The predicted octanol–water partition coefficient (Wildman–Crippen LogP) is 17.3. The summed E-state index contributed by atoms with van der Waals surface area (Å²) in [6, 6.07) is -0.717. The minimum Gasteiger partial charge on any atom is -0.462 e. The van der Waals surface area contributed by atoms with Crippen LogP contribution >= 0.6 is 0 Å². The van der Waals surface area contributed by atoms with E-state index in [9.17, 15) is 19.8 Å². The molecule has 1 amide bonds. The number of unbranched alkanes of at least 4 members (excludes halogenated alkanes) is 30. The van der Waals surface area contributed by atoms with Gasteiger partial charge in [-0.1, -0.05) is 261 Å². The van der Waals surface area contributed by atoms with Gasteiger partial charge in [-0.3, -0.25) is 9.59 Å². The first kappa shape index (κ1) is 63.3. The summed E-state index contributed by atoms with van der Waals surface area (Å²) in [5, 5.41) is 23.9. The van der Waals surface area contributed by atoms with Gasteiger partial charge in [-0.05, 0) is 70.6 Å². The summed E-state index contributed by atoms with van der Waals surface area (Å²) in [6.45, 7) is 6.35. The largest absolute Gasteiger partial charge is 0.462 e. The number of aliphatic hydroxyl groups excluding tert-OH is 2.